The van der Waals surface area contributed by atoms with Gasteiger partial charge in [-0.15, -0.1) is 0 Å². The first-order chi connectivity index (χ1) is 10.1. The van der Waals surface area contributed by atoms with Gasteiger partial charge in [0.25, 0.3) is 5.56 Å². The predicted octanol–water partition coefficient (Wildman–Crippen LogP) is 1.68. The van der Waals surface area contributed by atoms with E-state index in [0.717, 1.165) is 6.07 Å². The lowest BCUT2D eigenvalue weighted by Gasteiger charge is -2.06. The number of benzene rings is 1. The van der Waals surface area contributed by atoms with Gasteiger partial charge in [0.05, 0.1) is 0 Å². The zero-order chi connectivity index (χ0) is 15.0. The van der Waals surface area contributed by atoms with Gasteiger partial charge in [0.2, 0.25) is 5.88 Å². The zero-order valence-electron chi connectivity index (χ0n) is 11.0. The van der Waals surface area contributed by atoms with E-state index in [-0.39, 0.29) is 17.0 Å². The van der Waals surface area contributed by atoms with Crippen LogP contribution in [0.1, 0.15) is 0 Å². The van der Waals surface area contributed by atoms with Crippen molar-refractivity contribution in [3.63, 3.8) is 0 Å². The maximum Gasteiger partial charge on any atom is 0.263 e. The summed E-state index contributed by atoms with van der Waals surface area (Å²) < 4.78 is 14.9. The van der Waals surface area contributed by atoms with Crippen molar-refractivity contribution in [3.05, 3.63) is 52.8 Å². The number of aromatic amines is 1. The van der Waals surface area contributed by atoms with Crippen LogP contribution in [0.5, 0.6) is 5.88 Å². The monoisotopic (exact) mass is 286 g/mol. The molecule has 0 saturated carbocycles. The van der Waals surface area contributed by atoms with Crippen LogP contribution < -0.4 is 5.56 Å². The van der Waals surface area contributed by atoms with Crippen LogP contribution in [0, 0.1) is 5.82 Å². The number of aromatic nitrogens is 4. The fraction of sp³-hybridized carbons (Fsp3) is 0.0714. The minimum absolute atomic E-state index is 0.0764. The highest BCUT2D eigenvalue weighted by Gasteiger charge is 2.16. The second-order valence-corrected chi connectivity index (χ2v) is 4.49. The first-order valence-electron chi connectivity index (χ1n) is 6.13. The van der Waals surface area contributed by atoms with Gasteiger partial charge < -0.3 is 14.7 Å². The molecular weight excluding hydrogens is 275 g/mol. The summed E-state index contributed by atoms with van der Waals surface area (Å²) in [6.45, 7) is 0. The van der Waals surface area contributed by atoms with Gasteiger partial charge in [-0.1, -0.05) is 12.1 Å². The van der Waals surface area contributed by atoms with E-state index in [9.17, 15) is 14.3 Å². The molecule has 0 aliphatic rings. The Kier molecular flexibility index (Phi) is 3.02. The SMILES string of the molecule is Cn1ccnc1-c1nc(O)c(-c2cccc(F)c2)c(=O)[nH]1. The predicted molar refractivity (Wildman–Crippen MR) is 74.1 cm³/mol. The Balaban J connectivity index is 2.18. The molecule has 3 aromatic rings. The molecule has 0 aliphatic heterocycles. The van der Waals surface area contributed by atoms with E-state index >= 15 is 0 Å². The number of imidazole rings is 1. The lowest BCUT2D eigenvalue weighted by molar-refractivity contribution is 0.454. The van der Waals surface area contributed by atoms with Crippen LogP contribution in [0.15, 0.2) is 41.5 Å². The summed E-state index contributed by atoms with van der Waals surface area (Å²) in [7, 11) is 1.74. The fourth-order valence-electron chi connectivity index (χ4n) is 2.07. The zero-order valence-corrected chi connectivity index (χ0v) is 11.0. The molecular formula is C14H11FN4O2. The third-order valence-corrected chi connectivity index (χ3v) is 3.05. The molecule has 2 aromatic heterocycles. The molecule has 0 spiro atoms. The van der Waals surface area contributed by atoms with Crippen molar-refractivity contribution in [2.75, 3.05) is 0 Å². The van der Waals surface area contributed by atoms with E-state index in [2.05, 4.69) is 15.0 Å². The van der Waals surface area contributed by atoms with Gasteiger partial charge in [-0.25, -0.2) is 9.37 Å². The summed E-state index contributed by atoms with van der Waals surface area (Å²) in [6.07, 6.45) is 3.24. The quantitative estimate of drug-likeness (QED) is 0.750. The molecule has 3 rings (SSSR count). The van der Waals surface area contributed by atoms with Crippen LogP contribution in [-0.2, 0) is 7.05 Å². The largest absolute Gasteiger partial charge is 0.493 e. The molecule has 0 radical (unpaired) electrons. The normalized spacial score (nSPS) is 10.8. The van der Waals surface area contributed by atoms with Crippen LogP contribution in [-0.4, -0.2) is 24.6 Å². The molecule has 2 heterocycles. The summed E-state index contributed by atoms with van der Waals surface area (Å²) in [5.41, 5.74) is -0.383. The second-order valence-electron chi connectivity index (χ2n) is 4.49. The van der Waals surface area contributed by atoms with Gasteiger partial charge in [0.15, 0.2) is 11.6 Å². The van der Waals surface area contributed by atoms with Crippen molar-refractivity contribution in [2.45, 2.75) is 0 Å². The van der Waals surface area contributed by atoms with Crippen LogP contribution in [0.25, 0.3) is 22.8 Å². The molecule has 0 fully saturated rings. The molecule has 1 aromatic carbocycles. The van der Waals surface area contributed by atoms with E-state index < -0.39 is 17.3 Å². The highest BCUT2D eigenvalue weighted by Crippen LogP contribution is 2.25. The Morgan fingerprint density at radius 1 is 1.38 bits per heavy atom. The summed E-state index contributed by atoms with van der Waals surface area (Å²) >= 11 is 0. The smallest absolute Gasteiger partial charge is 0.263 e. The van der Waals surface area contributed by atoms with Crippen molar-refractivity contribution in [2.24, 2.45) is 7.05 Å². The maximum absolute atomic E-state index is 13.2. The average molecular weight is 286 g/mol. The van der Waals surface area contributed by atoms with Crippen molar-refractivity contribution in [3.8, 4) is 28.7 Å². The Morgan fingerprint density at radius 3 is 2.81 bits per heavy atom. The van der Waals surface area contributed by atoms with Gasteiger partial charge in [-0.05, 0) is 17.7 Å². The number of aromatic hydroxyl groups is 1. The van der Waals surface area contributed by atoms with Crippen LogP contribution >= 0.6 is 0 Å². The highest BCUT2D eigenvalue weighted by molar-refractivity contribution is 5.68. The van der Waals surface area contributed by atoms with E-state index in [1.807, 2.05) is 0 Å². The fourth-order valence-corrected chi connectivity index (χ4v) is 2.07. The number of halogens is 1. The molecule has 7 heteroatoms. The Morgan fingerprint density at radius 2 is 2.19 bits per heavy atom. The van der Waals surface area contributed by atoms with E-state index in [1.165, 1.54) is 18.2 Å². The second kappa shape index (κ2) is 4.86. The Hall–Kier alpha value is -2.96. The molecule has 6 nitrogen and oxygen atoms in total. The lowest BCUT2D eigenvalue weighted by Crippen LogP contribution is -2.13. The number of nitrogens with zero attached hydrogens (tertiary/aromatic N) is 3. The van der Waals surface area contributed by atoms with Crippen LogP contribution in [0.3, 0.4) is 0 Å². The number of hydrogen-bond donors (Lipinski definition) is 2. The minimum Gasteiger partial charge on any atom is -0.493 e. The molecule has 0 amide bonds. The molecule has 2 N–H and O–H groups in total. The highest BCUT2D eigenvalue weighted by atomic mass is 19.1. The summed E-state index contributed by atoms with van der Waals surface area (Å²) in [6, 6.07) is 5.39. The van der Waals surface area contributed by atoms with Gasteiger partial charge in [-0.3, -0.25) is 4.79 Å². The van der Waals surface area contributed by atoms with Crippen molar-refractivity contribution in [1.82, 2.24) is 19.5 Å². The van der Waals surface area contributed by atoms with E-state index in [0.29, 0.717) is 5.82 Å². The number of H-pyrrole nitrogens is 1. The topological polar surface area (TPSA) is 83.8 Å². The van der Waals surface area contributed by atoms with Crippen molar-refractivity contribution < 1.29 is 9.50 Å². The first kappa shape index (κ1) is 13.0. The molecule has 0 bridgehead atoms. The minimum atomic E-state index is -0.564. The molecule has 106 valence electrons. The molecule has 0 unspecified atom stereocenters. The molecule has 0 aliphatic carbocycles. The first-order valence-corrected chi connectivity index (χ1v) is 6.13. The molecule has 21 heavy (non-hydrogen) atoms. The van der Waals surface area contributed by atoms with Gasteiger partial charge in [-0.2, -0.15) is 4.98 Å². The van der Waals surface area contributed by atoms with Crippen molar-refractivity contribution in [1.29, 1.82) is 0 Å². The summed E-state index contributed by atoms with van der Waals surface area (Å²) in [4.78, 5) is 22.7. The molecule has 0 atom stereocenters. The van der Waals surface area contributed by atoms with Gasteiger partial charge >= 0.3 is 0 Å². The van der Waals surface area contributed by atoms with Crippen LogP contribution in [0.4, 0.5) is 4.39 Å². The lowest BCUT2D eigenvalue weighted by atomic mass is 10.1. The third-order valence-electron chi connectivity index (χ3n) is 3.05. The van der Waals surface area contributed by atoms with E-state index in [1.54, 1.807) is 24.0 Å². The Labute approximate surface area is 118 Å². The summed E-state index contributed by atoms with van der Waals surface area (Å²) in [5.74, 6) is -0.417. The maximum atomic E-state index is 13.2. The summed E-state index contributed by atoms with van der Waals surface area (Å²) in [5, 5.41) is 10.0. The van der Waals surface area contributed by atoms with Crippen LogP contribution in [0.2, 0.25) is 0 Å². The molecule has 0 saturated heterocycles. The Bertz CT molecular complexity index is 869. The number of rotatable bonds is 2. The number of aryl methyl sites for hydroxylation is 1. The third kappa shape index (κ3) is 2.29. The number of hydrogen-bond acceptors (Lipinski definition) is 4. The number of nitrogens with one attached hydrogen (secondary N) is 1. The van der Waals surface area contributed by atoms with Gasteiger partial charge in [0, 0.05) is 19.4 Å². The average Bonchev–Trinajstić information content (AvgIpc) is 2.84. The van der Waals surface area contributed by atoms with Crippen molar-refractivity contribution >= 4 is 0 Å². The standard InChI is InChI=1S/C14H11FN4O2/c1-19-6-5-16-12(19)11-17-13(20)10(14(21)18-11)8-3-2-4-9(15)7-8/h2-7H,1H3,(H2,17,18,20,21). The van der Waals surface area contributed by atoms with Gasteiger partial charge in [0.1, 0.15) is 11.4 Å². The van der Waals surface area contributed by atoms with E-state index in [4.69, 9.17) is 0 Å².